The number of nitrogens with one attached hydrogen (secondary N) is 1. The first kappa shape index (κ1) is 21.2. The zero-order valence-corrected chi connectivity index (χ0v) is 17.0. The van der Waals surface area contributed by atoms with Crippen molar-refractivity contribution in [3.63, 3.8) is 0 Å². The molecule has 1 aliphatic carbocycles. The highest BCUT2D eigenvalue weighted by atomic mass is 35.5. The lowest BCUT2D eigenvalue weighted by atomic mass is 10.0. The van der Waals surface area contributed by atoms with E-state index in [0.29, 0.717) is 12.5 Å². The van der Waals surface area contributed by atoms with Crippen molar-refractivity contribution in [2.45, 2.75) is 38.1 Å². The third-order valence-corrected chi connectivity index (χ3v) is 5.83. The number of likely N-dealkylation sites (tertiary alicyclic amines) is 1. The molecule has 1 amide bonds. The smallest absolute Gasteiger partial charge is 0.228 e. The lowest BCUT2D eigenvalue weighted by Crippen LogP contribution is -2.45. The van der Waals surface area contributed by atoms with E-state index in [-0.39, 0.29) is 30.7 Å². The summed E-state index contributed by atoms with van der Waals surface area (Å²) in [5, 5.41) is 6.54. The highest BCUT2D eigenvalue weighted by Gasteiger charge is 2.26. The molecule has 1 aliphatic heterocycles. The number of nitrogens with zero attached hydrogens (tertiary/aromatic N) is 2. The van der Waals surface area contributed by atoms with Gasteiger partial charge in [-0.3, -0.25) is 4.79 Å². The second-order valence-corrected chi connectivity index (χ2v) is 7.70. The fourth-order valence-corrected chi connectivity index (χ4v) is 3.97. The van der Waals surface area contributed by atoms with Crippen LogP contribution in [0.1, 0.15) is 31.4 Å². The number of hydrogen-bond donors (Lipinski definition) is 1. The van der Waals surface area contributed by atoms with Gasteiger partial charge in [-0.05, 0) is 44.2 Å². The second kappa shape index (κ2) is 9.74. The van der Waals surface area contributed by atoms with E-state index in [0.717, 1.165) is 54.7 Å². The first-order chi connectivity index (χ1) is 11.8. The first-order valence-corrected chi connectivity index (χ1v) is 9.64. The molecule has 5 nitrogen and oxygen atoms in total. The lowest BCUT2D eigenvalue weighted by Gasteiger charge is -2.32. The number of aromatic nitrogens is 1. The van der Waals surface area contributed by atoms with Gasteiger partial charge >= 0.3 is 0 Å². The standard InChI is InChI=1S/C18H23N3O2S.2ClH/c22-17(9-16-12-24-18(20-16)14-5-8-23-11-14)21-6-3-15(4-7-21)19-10-13-1-2-13;;/h5,8,11-13,15,19H,1-4,6-7,9-10H2;2*1H. The molecule has 1 saturated carbocycles. The monoisotopic (exact) mass is 417 g/mol. The molecule has 2 aliphatic rings. The molecule has 1 N–H and O–H groups in total. The Balaban J connectivity index is 0.00000121. The van der Waals surface area contributed by atoms with Crippen LogP contribution in [-0.2, 0) is 11.2 Å². The van der Waals surface area contributed by atoms with Crippen molar-refractivity contribution < 1.29 is 9.21 Å². The number of hydrogen-bond acceptors (Lipinski definition) is 5. The van der Waals surface area contributed by atoms with Gasteiger partial charge in [0.05, 0.1) is 18.4 Å². The molecule has 26 heavy (non-hydrogen) atoms. The molecule has 1 saturated heterocycles. The van der Waals surface area contributed by atoms with Gasteiger partial charge in [-0.25, -0.2) is 4.98 Å². The van der Waals surface area contributed by atoms with E-state index in [2.05, 4.69) is 10.3 Å². The van der Waals surface area contributed by atoms with Gasteiger partial charge in [-0.1, -0.05) is 0 Å². The number of amides is 1. The van der Waals surface area contributed by atoms with Crippen molar-refractivity contribution in [2.24, 2.45) is 5.92 Å². The first-order valence-electron chi connectivity index (χ1n) is 8.76. The lowest BCUT2D eigenvalue weighted by molar-refractivity contribution is -0.131. The molecule has 0 aromatic carbocycles. The largest absolute Gasteiger partial charge is 0.472 e. The van der Waals surface area contributed by atoms with Crippen molar-refractivity contribution >= 4 is 42.1 Å². The Bertz CT molecular complexity index is 680. The fraction of sp³-hybridized carbons (Fsp3) is 0.556. The Morgan fingerprint density at radius 1 is 1.27 bits per heavy atom. The van der Waals surface area contributed by atoms with Crippen molar-refractivity contribution in [3.8, 4) is 10.6 Å². The van der Waals surface area contributed by atoms with Crippen molar-refractivity contribution in [3.05, 3.63) is 29.7 Å². The second-order valence-electron chi connectivity index (χ2n) is 6.84. The van der Waals surface area contributed by atoms with Gasteiger partial charge in [0.15, 0.2) is 0 Å². The number of carbonyl (C=O) groups is 1. The third kappa shape index (κ3) is 5.46. The van der Waals surface area contributed by atoms with Crippen LogP contribution in [0.2, 0.25) is 0 Å². The zero-order valence-electron chi connectivity index (χ0n) is 14.6. The quantitative estimate of drug-likeness (QED) is 0.776. The van der Waals surface area contributed by atoms with E-state index in [1.165, 1.54) is 12.8 Å². The Morgan fingerprint density at radius 3 is 2.69 bits per heavy atom. The van der Waals surface area contributed by atoms with Gasteiger partial charge in [0.1, 0.15) is 11.3 Å². The van der Waals surface area contributed by atoms with Crippen LogP contribution in [-0.4, -0.2) is 41.5 Å². The molecular weight excluding hydrogens is 393 g/mol. The van der Waals surface area contributed by atoms with E-state index in [9.17, 15) is 4.79 Å². The van der Waals surface area contributed by atoms with E-state index in [1.807, 2.05) is 16.3 Å². The highest BCUT2D eigenvalue weighted by molar-refractivity contribution is 7.13. The SMILES string of the molecule is Cl.Cl.O=C(Cc1csc(-c2ccoc2)n1)N1CCC(NCC2CC2)CC1. The van der Waals surface area contributed by atoms with Crippen LogP contribution in [0.4, 0.5) is 0 Å². The summed E-state index contributed by atoms with van der Waals surface area (Å²) < 4.78 is 5.09. The molecule has 0 spiro atoms. The fourth-order valence-electron chi connectivity index (χ4n) is 3.16. The van der Waals surface area contributed by atoms with Gasteiger partial charge < -0.3 is 14.6 Å². The Labute approximate surface area is 170 Å². The zero-order chi connectivity index (χ0) is 16.4. The summed E-state index contributed by atoms with van der Waals surface area (Å²) in [6.45, 7) is 2.88. The number of halogens is 2. The van der Waals surface area contributed by atoms with Gasteiger partial charge in [-0.15, -0.1) is 36.2 Å². The molecule has 2 aromatic heterocycles. The van der Waals surface area contributed by atoms with Crippen molar-refractivity contribution in [1.82, 2.24) is 15.2 Å². The summed E-state index contributed by atoms with van der Waals surface area (Å²) in [4.78, 5) is 19.0. The minimum Gasteiger partial charge on any atom is -0.472 e. The molecule has 0 radical (unpaired) electrons. The van der Waals surface area contributed by atoms with Gasteiger partial charge in [-0.2, -0.15) is 0 Å². The van der Waals surface area contributed by atoms with Gasteiger partial charge in [0.2, 0.25) is 5.91 Å². The molecule has 0 unspecified atom stereocenters. The molecule has 4 rings (SSSR count). The minimum absolute atomic E-state index is 0. The van der Waals surface area contributed by atoms with Crippen molar-refractivity contribution in [1.29, 1.82) is 0 Å². The molecule has 3 heterocycles. The molecular formula is C18H25Cl2N3O2S. The minimum atomic E-state index is 0. The predicted molar refractivity (Wildman–Crippen MR) is 108 cm³/mol. The molecule has 2 fully saturated rings. The normalized spacial score (nSPS) is 17.5. The average Bonchev–Trinajstić information content (AvgIpc) is 3.07. The molecule has 2 aromatic rings. The van der Waals surface area contributed by atoms with Crippen LogP contribution < -0.4 is 5.32 Å². The van der Waals surface area contributed by atoms with Crippen LogP contribution in [0, 0.1) is 5.92 Å². The van der Waals surface area contributed by atoms with Crippen LogP contribution in [0.15, 0.2) is 28.4 Å². The van der Waals surface area contributed by atoms with Gasteiger partial charge in [0.25, 0.3) is 0 Å². The van der Waals surface area contributed by atoms with Crippen LogP contribution in [0.25, 0.3) is 10.6 Å². The summed E-state index contributed by atoms with van der Waals surface area (Å²) in [7, 11) is 0. The Morgan fingerprint density at radius 2 is 2.04 bits per heavy atom. The molecule has 0 bridgehead atoms. The topological polar surface area (TPSA) is 58.4 Å². The highest BCUT2D eigenvalue weighted by Crippen LogP contribution is 2.28. The summed E-state index contributed by atoms with van der Waals surface area (Å²) in [6, 6.07) is 2.48. The average molecular weight is 418 g/mol. The van der Waals surface area contributed by atoms with E-state index < -0.39 is 0 Å². The number of rotatable bonds is 6. The summed E-state index contributed by atoms with van der Waals surface area (Å²) in [6.07, 6.45) is 8.63. The van der Waals surface area contributed by atoms with Crippen LogP contribution in [0.5, 0.6) is 0 Å². The maximum Gasteiger partial charge on any atom is 0.228 e. The third-order valence-electron chi connectivity index (χ3n) is 4.89. The summed E-state index contributed by atoms with van der Waals surface area (Å²) in [5.41, 5.74) is 1.83. The van der Waals surface area contributed by atoms with Crippen LogP contribution >= 0.6 is 36.2 Å². The molecule has 144 valence electrons. The summed E-state index contributed by atoms with van der Waals surface area (Å²) >= 11 is 1.56. The summed E-state index contributed by atoms with van der Waals surface area (Å²) in [5.74, 6) is 1.11. The van der Waals surface area contributed by atoms with E-state index in [1.54, 1.807) is 23.9 Å². The number of furan rings is 1. The number of carbonyl (C=O) groups excluding carboxylic acids is 1. The Kier molecular flexibility index (Phi) is 7.95. The van der Waals surface area contributed by atoms with Gasteiger partial charge in [0, 0.05) is 30.1 Å². The maximum atomic E-state index is 12.5. The predicted octanol–water partition coefficient (Wildman–Crippen LogP) is 3.78. The molecule has 0 atom stereocenters. The number of piperidine rings is 1. The molecule has 8 heteroatoms. The van der Waals surface area contributed by atoms with Crippen LogP contribution in [0.3, 0.4) is 0 Å². The maximum absolute atomic E-state index is 12.5. The Hall–Kier alpha value is -1.08. The van der Waals surface area contributed by atoms with E-state index >= 15 is 0 Å². The van der Waals surface area contributed by atoms with E-state index in [4.69, 9.17) is 4.42 Å². The number of thiazole rings is 1. The van der Waals surface area contributed by atoms with Crippen molar-refractivity contribution in [2.75, 3.05) is 19.6 Å².